The Balaban J connectivity index is 1.95. The van der Waals surface area contributed by atoms with Gasteiger partial charge in [-0.25, -0.2) is 0 Å². The number of nitrogens with zero attached hydrogens (tertiary/aromatic N) is 2. The van der Waals surface area contributed by atoms with Gasteiger partial charge in [0.2, 0.25) is 5.91 Å². The van der Waals surface area contributed by atoms with Gasteiger partial charge in [0.05, 0.1) is 13.0 Å². The van der Waals surface area contributed by atoms with Crippen LogP contribution in [0.25, 0.3) is 0 Å². The third-order valence-corrected chi connectivity index (χ3v) is 4.19. The lowest BCUT2D eigenvalue weighted by Crippen LogP contribution is -2.52. The first-order valence-electron chi connectivity index (χ1n) is 7.46. The smallest absolute Gasteiger partial charge is 0.227 e. The minimum absolute atomic E-state index is 0.103. The van der Waals surface area contributed by atoms with E-state index in [-0.39, 0.29) is 17.9 Å². The van der Waals surface area contributed by atoms with Crippen LogP contribution in [-0.4, -0.2) is 50.1 Å². The second kappa shape index (κ2) is 6.80. The molecule has 0 aliphatic carbocycles. The molecule has 0 spiro atoms. The Bertz CT molecular complexity index is 482. The van der Waals surface area contributed by atoms with Gasteiger partial charge >= 0.3 is 0 Å². The zero-order chi connectivity index (χ0) is 15.4. The average molecular weight is 291 g/mol. The van der Waals surface area contributed by atoms with Gasteiger partial charge in [-0.1, -0.05) is 13.0 Å². The fourth-order valence-electron chi connectivity index (χ4n) is 2.51. The molecule has 1 heterocycles. The standard InChI is InChI=1S/C16H25N3O2/c1-12(13(2)17)16(20)19-9-7-18(8-10-19)14-5-4-6-15(11-14)21-3/h4-6,11-13H,7-10,17H2,1-3H3. The number of nitrogens with two attached hydrogens (primary N) is 1. The number of hydrogen-bond donors (Lipinski definition) is 1. The van der Waals surface area contributed by atoms with E-state index in [0.29, 0.717) is 0 Å². The second-order valence-electron chi connectivity index (χ2n) is 5.66. The quantitative estimate of drug-likeness (QED) is 0.909. The van der Waals surface area contributed by atoms with Crippen LogP contribution in [0.15, 0.2) is 24.3 Å². The Kier molecular flexibility index (Phi) is 5.07. The van der Waals surface area contributed by atoms with Gasteiger partial charge in [-0.2, -0.15) is 0 Å². The van der Waals surface area contributed by atoms with Gasteiger partial charge in [0.25, 0.3) is 0 Å². The molecule has 5 heteroatoms. The summed E-state index contributed by atoms with van der Waals surface area (Å²) in [6.45, 7) is 6.95. The second-order valence-corrected chi connectivity index (χ2v) is 5.66. The van der Waals surface area contributed by atoms with Crippen molar-refractivity contribution in [3.63, 3.8) is 0 Å². The lowest BCUT2D eigenvalue weighted by molar-refractivity contribution is -0.135. The van der Waals surface area contributed by atoms with E-state index in [9.17, 15) is 4.79 Å². The van der Waals surface area contributed by atoms with Crippen LogP contribution in [0.2, 0.25) is 0 Å². The number of amides is 1. The monoisotopic (exact) mass is 291 g/mol. The number of carbonyl (C=O) groups excluding carboxylic acids is 1. The summed E-state index contributed by atoms with van der Waals surface area (Å²) in [5.74, 6) is 0.903. The van der Waals surface area contributed by atoms with Crippen LogP contribution in [0.5, 0.6) is 5.75 Å². The molecule has 2 unspecified atom stereocenters. The van der Waals surface area contributed by atoms with Gasteiger partial charge in [0.1, 0.15) is 5.75 Å². The zero-order valence-corrected chi connectivity index (χ0v) is 13.1. The minimum atomic E-state index is -0.117. The molecule has 21 heavy (non-hydrogen) atoms. The van der Waals surface area contributed by atoms with Crippen LogP contribution in [-0.2, 0) is 4.79 Å². The van der Waals surface area contributed by atoms with Crippen molar-refractivity contribution in [1.82, 2.24) is 4.90 Å². The van der Waals surface area contributed by atoms with Gasteiger partial charge in [0, 0.05) is 44.0 Å². The van der Waals surface area contributed by atoms with Crippen LogP contribution >= 0.6 is 0 Å². The molecule has 0 saturated carbocycles. The van der Waals surface area contributed by atoms with Gasteiger partial charge < -0.3 is 20.3 Å². The van der Waals surface area contributed by atoms with E-state index in [1.54, 1.807) is 7.11 Å². The maximum absolute atomic E-state index is 12.3. The SMILES string of the molecule is COc1cccc(N2CCN(C(=O)C(C)C(C)N)CC2)c1. The highest BCUT2D eigenvalue weighted by Crippen LogP contribution is 2.22. The molecule has 0 aromatic heterocycles. The van der Waals surface area contributed by atoms with E-state index in [4.69, 9.17) is 10.5 Å². The van der Waals surface area contributed by atoms with E-state index in [1.165, 1.54) is 0 Å². The van der Waals surface area contributed by atoms with Gasteiger partial charge in [-0.05, 0) is 19.1 Å². The molecule has 1 aliphatic rings. The molecule has 1 aromatic rings. The van der Waals surface area contributed by atoms with E-state index in [0.717, 1.165) is 37.6 Å². The summed E-state index contributed by atoms with van der Waals surface area (Å²) in [6.07, 6.45) is 0. The van der Waals surface area contributed by atoms with Crippen molar-refractivity contribution in [2.24, 2.45) is 11.7 Å². The number of anilines is 1. The predicted octanol–water partition coefficient (Wildman–Crippen LogP) is 1.33. The Labute approximate surface area is 126 Å². The van der Waals surface area contributed by atoms with Crippen molar-refractivity contribution in [3.8, 4) is 5.75 Å². The fourth-order valence-corrected chi connectivity index (χ4v) is 2.51. The van der Waals surface area contributed by atoms with E-state index in [1.807, 2.05) is 36.9 Å². The fraction of sp³-hybridized carbons (Fsp3) is 0.562. The van der Waals surface area contributed by atoms with Crippen LogP contribution in [0.4, 0.5) is 5.69 Å². The Morgan fingerprint density at radius 2 is 1.90 bits per heavy atom. The number of benzene rings is 1. The molecule has 1 amide bonds. The summed E-state index contributed by atoms with van der Waals surface area (Å²) in [4.78, 5) is 16.5. The summed E-state index contributed by atoms with van der Waals surface area (Å²) in [5, 5.41) is 0. The predicted molar refractivity (Wildman–Crippen MR) is 84.6 cm³/mol. The molecule has 2 atom stereocenters. The Morgan fingerprint density at radius 1 is 1.24 bits per heavy atom. The summed E-state index contributed by atoms with van der Waals surface area (Å²) in [6, 6.07) is 7.93. The van der Waals surface area contributed by atoms with Crippen molar-refractivity contribution in [1.29, 1.82) is 0 Å². The number of methoxy groups -OCH3 is 1. The number of piperazine rings is 1. The normalized spacial score (nSPS) is 18.3. The molecular weight excluding hydrogens is 266 g/mol. The maximum atomic E-state index is 12.3. The number of ether oxygens (including phenoxy) is 1. The molecule has 1 aliphatic heterocycles. The summed E-state index contributed by atoms with van der Waals surface area (Å²) in [5.41, 5.74) is 6.96. The van der Waals surface area contributed by atoms with Crippen molar-refractivity contribution < 1.29 is 9.53 Å². The van der Waals surface area contributed by atoms with Crippen LogP contribution in [0, 0.1) is 5.92 Å². The number of hydrogen-bond acceptors (Lipinski definition) is 4. The lowest BCUT2D eigenvalue weighted by atomic mass is 10.0. The largest absolute Gasteiger partial charge is 0.497 e. The molecule has 0 radical (unpaired) electrons. The third kappa shape index (κ3) is 3.67. The number of rotatable bonds is 4. The highest BCUT2D eigenvalue weighted by molar-refractivity contribution is 5.79. The van der Waals surface area contributed by atoms with Crippen molar-refractivity contribution in [2.45, 2.75) is 19.9 Å². The molecule has 2 N–H and O–H groups in total. The van der Waals surface area contributed by atoms with Crippen LogP contribution < -0.4 is 15.4 Å². The molecule has 1 fully saturated rings. The third-order valence-electron chi connectivity index (χ3n) is 4.19. The van der Waals surface area contributed by atoms with Crippen molar-refractivity contribution >= 4 is 11.6 Å². The molecule has 5 nitrogen and oxygen atoms in total. The highest BCUT2D eigenvalue weighted by atomic mass is 16.5. The summed E-state index contributed by atoms with van der Waals surface area (Å²) in [7, 11) is 1.67. The number of carbonyl (C=O) groups is 1. The molecule has 2 rings (SSSR count). The molecule has 116 valence electrons. The lowest BCUT2D eigenvalue weighted by Gasteiger charge is -2.37. The molecule has 1 aromatic carbocycles. The first kappa shape index (κ1) is 15.6. The average Bonchev–Trinajstić information content (AvgIpc) is 2.53. The van der Waals surface area contributed by atoms with Crippen molar-refractivity contribution in [3.05, 3.63) is 24.3 Å². The van der Waals surface area contributed by atoms with E-state index < -0.39 is 0 Å². The zero-order valence-electron chi connectivity index (χ0n) is 13.1. The topological polar surface area (TPSA) is 58.8 Å². The highest BCUT2D eigenvalue weighted by Gasteiger charge is 2.26. The maximum Gasteiger partial charge on any atom is 0.227 e. The van der Waals surface area contributed by atoms with Gasteiger partial charge in [0.15, 0.2) is 0 Å². The van der Waals surface area contributed by atoms with E-state index >= 15 is 0 Å². The summed E-state index contributed by atoms with van der Waals surface area (Å²) >= 11 is 0. The van der Waals surface area contributed by atoms with Gasteiger partial charge in [-0.3, -0.25) is 4.79 Å². The van der Waals surface area contributed by atoms with E-state index in [2.05, 4.69) is 11.0 Å². The van der Waals surface area contributed by atoms with Crippen LogP contribution in [0.1, 0.15) is 13.8 Å². The molecule has 0 bridgehead atoms. The Hall–Kier alpha value is -1.75. The molecular formula is C16H25N3O2. The molecule has 1 saturated heterocycles. The summed E-state index contributed by atoms with van der Waals surface area (Å²) < 4.78 is 5.26. The van der Waals surface area contributed by atoms with Crippen LogP contribution in [0.3, 0.4) is 0 Å². The first-order valence-corrected chi connectivity index (χ1v) is 7.46. The van der Waals surface area contributed by atoms with Crippen molar-refractivity contribution in [2.75, 3.05) is 38.2 Å². The minimum Gasteiger partial charge on any atom is -0.497 e. The van der Waals surface area contributed by atoms with Gasteiger partial charge in [-0.15, -0.1) is 0 Å². The Morgan fingerprint density at radius 3 is 2.48 bits per heavy atom. The first-order chi connectivity index (χ1) is 10.0.